The second kappa shape index (κ2) is 8.58. The van der Waals surface area contributed by atoms with E-state index in [2.05, 4.69) is 34.1 Å². The Labute approximate surface area is 141 Å². The quantitative estimate of drug-likeness (QED) is 0.783. The molecular formula is C20H32N2O. The third-order valence-electron chi connectivity index (χ3n) is 5.62. The van der Waals surface area contributed by atoms with Crippen molar-refractivity contribution in [3.8, 4) is 5.75 Å². The first-order valence-electron chi connectivity index (χ1n) is 9.46. The van der Waals surface area contributed by atoms with Crippen molar-refractivity contribution in [3.05, 3.63) is 24.3 Å². The third kappa shape index (κ3) is 4.87. The van der Waals surface area contributed by atoms with E-state index < -0.39 is 0 Å². The largest absolute Gasteiger partial charge is 0.497 e. The summed E-state index contributed by atoms with van der Waals surface area (Å²) < 4.78 is 5.24. The monoisotopic (exact) mass is 316 g/mol. The molecule has 23 heavy (non-hydrogen) atoms. The molecule has 3 rings (SSSR count). The normalized spacial score (nSPS) is 20.7. The summed E-state index contributed by atoms with van der Waals surface area (Å²) in [5.74, 6) is 1.97. The fraction of sp³-hybridized carbons (Fsp3) is 0.700. The molecule has 1 saturated carbocycles. The van der Waals surface area contributed by atoms with Gasteiger partial charge in [-0.3, -0.25) is 4.90 Å². The van der Waals surface area contributed by atoms with Gasteiger partial charge in [-0.05, 0) is 49.6 Å². The molecule has 2 aliphatic rings. The lowest BCUT2D eigenvalue weighted by atomic mass is 9.86. The molecule has 1 aromatic carbocycles. The smallest absolute Gasteiger partial charge is 0.119 e. The van der Waals surface area contributed by atoms with Crippen molar-refractivity contribution in [2.24, 2.45) is 5.92 Å². The molecule has 3 nitrogen and oxygen atoms in total. The Balaban J connectivity index is 1.36. The Hall–Kier alpha value is -1.22. The second-order valence-electron chi connectivity index (χ2n) is 7.17. The molecule has 0 bridgehead atoms. The van der Waals surface area contributed by atoms with Gasteiger partial charge in [0.05, 0.1) is 7.11 Å². The summed E-state index contributed by atoms with van der Waals surface area (Å²) in [4.78, 5) is 5.15. The second-order valence-corrected chi connectivity index (χ2v) is 7.17. The molecule has 0 spiro atoms. The number of rotatable bonds is 6. The Morgan fingerprint density at radius 2 is 1.65 bits per heavy atom. The summed E-state index contributed by atoms with van der Waals surface area (Å²) in [5, 5.41) is 0. The standard InChI is InChI=1S/C20H32N2O/c1-23-20-11-9-19(10-12-20)22-16-14-21(15-17-22)13-5-8-18-6-3-2-4-7-18/h9-12,18H,2-8,13-17H2,1H3. The lowest BCUT2D eigenvalue weighted by Crippen LogP contribution is -2.46. The van der Waals surface area contributed by atoms with E-state index in [4.69, 9.17) is 4.74 Å². The predicted molar refractivity (Wildman–Crippen MR) is 97.5 cm³/mol. The van der Waals surface area contributed by atoms with Crippen LogP contribution in [-0.2, 0) is 0 Å². The fourth-order valence-electron chi connectivity index (χ4n) is 4.10. The summed E-state index contributed by atoms with van der Waals surface area (Å²) in [6.07, 6.45) is 10.3. The summed E-state index contributed by atoms with van der Waals surface area (Å²) in [6, 6.07) is 8.48. The number of piperazine rings is 1. The third-order valence-corrected chi connectivity index (χ3v) is 5.62. The van der Waals surface area contributed by atoms with Gasteiger partial charge < -0.3 is 9.64 Å². The zero-order valence-electron chi connectivity index (χ0n) is 14.7. The molecule has 0 aromatic heterocycles. The maximum atomic E-state index is 5.24. The van der Waals surface area contributed by atoms with Crippen LogP contribution in [0.3, 0.4) is 0 Å². The molecule has 1 aliphatic heterocycles. The van der Waals surface area contributed by atoms with E-state index in [1.807, 2.05) is 0 Å². The van der Waals surface area contributed by atoms with Crippen LogP contribution in [0.4, 0.5) is 5.69 Å². The average molecular weight is 316 g/mol. The molecule has 1 heterocycles. The van der Waals surface area contributed by atoms with Crippen molar-refractivity contribution < 1.29 is 4.74 Å². The maximum Gasteiger partial charge on any atom is 0.119 e. The maximum absolute atomic E-state index is 5.24. The van der Waals surface area contributed by atoms with Gasteiger partial charge in [-0.1, -0.05) is 32.1 Å². The van der Waals surface area contributed by atoms with Crippen LogP contribution in [0.1, 0.15) is 44.9 Å². The van der Waals surface area contributed by atoms with Gasteiger partial charge >= 0.3 is 0 Å². The van der Waals surface area contributed by atoms with E-state index in [0.717, 1.165) is 24.8 Å². The molecule has 1 saturated heterocycles. The minimum Gasteiger partial charge on any atom is -0.497 e. The number of anilines is 1. The number of methoxy groups -OCH3 is 1. The van der Waals surface area contributed by atoms with Gasteiger partial charge in [-0.15, -0.1) is 0 Å². The van der Waals surface area contributed by atoms with E-state index in [-0.39, 0.29) is 0 Å². The van der Waals surface area contributed by atoms with E-state index >= 15 is 0 Å². The Morgan fingerprint density at radius 1 is 0.957 bits per heavy atom. The van der Waals surface area contributed by atoms with Crippen LogP contribution in [0.15, 0.2) is 24.3 Å². The Bertz CT molecular complexity index is 445. The molecular weight excluding hydrogens is 284 g/mol. The highest BCUT2D eigenvalue weighted by Crippen LogP contribution is 2.27. The van der Waals surface area contributed by atoms with Gasteiger partial charge in [0, 0.05) is 31.9 Å². The molecule has 1 aromatic rings. The van der Waals surface area contributed by atoms with Crippen LogP contribution in [0.25, 0.3) is 0 Å². The molecule has 0 atom stereocenters. The van der Waals surface area contributed by atoms with E-state index in [1.165, 1.54) is 70.3 Å². The highest BCUT2D eigenvalue weighted by atomic mass is 16.5. The number of nitrogens with zero attached hydrogens (tertiary/aromatic N) is 2. The fourth-order valence-corrected chi connectivity index (χ4v) is 4.10. The van der Waals surface area contributed by atoms with E-state index in [9.17, 15) is 0 Å². The van der Waals surface area contributed by atoms with Crippen molar-refractivity contribution in [3.63, 3.8) is 0 Å². The van der Waals surface area contributed by atoms with E-state index in [0.29, 0.717) is 0 Å². The molecule has 0 unspecified atom stereocenters. The van der Waals surface area contributed by atoms with Crippen LogP contribution in [0.2, 0.25) is 0 Å². The highest BCUT2D eigenvalue weighted by Gasteiger charge is 2.18. The molecule has 1 aliphatic carbocycles. The SMILES string of the molecule is COc1ccc(N2CCN(CCCC3CCCCC3)CC2)cc1. The lowest BCUT2D eigenvalue weighted by Gasteiger charge is -2.36. The van der Waals surface area contributed by atoms with Crippen molar-refractivity contribution in [2.75, 3.05) is 44.7 Å². The molecule has 3 heteroatoms. The van der Waals surface area contributed by atoms with Crippen LogP contribution < -0.4 is 9.64 Å². The van der Waals surface area contributed by atoms with Crippen LogP contribution in [-0.4, -0.2) is 44.7 Å². The zero-order chi connectivity index (χ0) is 15.9. The highest BCUT2D eigenvalue weighted by molar-refractivity contribution is 5.49. The summed E-state index contributed by atoms with van der Waals surface area (Å²) >= 11 is 0. The van der Waals surface area contributed by atoms with Crippen LogP contribution in [0.5, 0.6) is 5.75 Å². The zero-order valence-corrected chi connectivity index (χ0v) is 14.7. The van der Waals surface area contributed by atoms with E-state index in [1.54, 1.807) is 7.11 Å². The number of hydrogen-bond acceptors (Lipinski definition) is 3. The van der Waals surface area contributed by atoms with Gasteiger partial charge in [0.15, 0.2) is 0 Å². The summed E-state index contributed by atoms with van der Waals surface area (Å²) in [7, 11) is 1.72. The molecule has 0 amide bonds. The van der Waals surface area contributed by atoms with Gasteiger partial charge in [-0.25, -0.2) is 0 Å². The van der Waals surface area contributed by atoms with Crippen molar-refractivity contribution in [1.29, 1.82) is 0 Å². The minimum absolute atomic E-state index is 0.940. The topological polar surface area (TPSA) is 15.7 Å². The van der Waals surface area contributed by atoms with Crippen LogP contribution in [0, 0.1) is 5.92 Å². The minimum atomic E-state index is 0.940. The van der Waals surface area contributed by atoms with Crippen LogP contribution >= 0.6 is 0 Å². The number of benzene rings is 1. The van der Waals surface area contributed by atoms with Gasteiger partial charge in [-0.2, -0.15) is 0 Å². The van der Waals surface area contributed by atoms with Crippen molar-refractivity contribution >= 4 is 5.69 Å². The van der Waals surface area contributed by atoms with Gasteiger partial charge in [0.1, 0.15) is 5.75 Å². The first-order valence-corrected chi connectivity index (χ1v) is 9.46. The Morgan fingerprint density at radius 3 is 2.30 bits per heavy atom. The molecule has 2 fully saturated rings. The predicted octanol–water partition coefficient (Wildman–Crippen LogP) is 4.18. The molecule has 128 valence electrons. The summed E-state index contributed by atoms with van der Waals surface area (Å²) in [6.45, 7) is 6.01. The molecule has 0 radical (unpaired) electrons. The Kier molecular flexibility index (Phi) is 6.21. The van der Waals surface area contributed by atoms with Gasteiger partial charge in [0.25, 0.3) is 0 Å². The first kappa shape index (κ1) is 16.6. The molecule has 0 N–H and O–H groups in total. The van der Waals surface area contributed by atoms with Crippen molar-refractivity contribution in [2.45, 2.75) is 44.9 Å². The number of hydrogen-bond donors (Lipinski definition) is 0. The summed E-state index contributed by atoms with van der Waals surface area (Å²) in [5.41, 5.74) is 1.33. The first-order chi connectivity index (χ1) is 11.3. The average Bonchev–Trinajstić information content (AvgIpc) is 2.63. The lowest BCUT2D eigenvalue weighted by molar-refractivity contribution is 0.237. The van der Waals surface area contributed by atoms with Crippen molar-refractivity contribution in [1.82, 2.24) is 4.90 Å². The van der Waals surface area contributed by atoms with Gasteiger partial charge in [0.2, 0.25) is 0 Å². The number of ether oxygens (including phenoxy) is 1.